The van der Waals surface area contributed by atoms with Gasteiger partial charge in [-0.2, -0.15) is 0 Å². The third-order valence-electron chi connectivity index (χ3n) is 3.98. The van der Waals surface area contributed by atoms with E-state index < -0.39 is 5.54 Å². The summed E-state index contributed by atoms with van der Waals surface area (Å²) in [5.74, 6) is -0.340. The Labute approximate surface area is 129 Å². The fourth-order valence-electron chi connectivity index (χ4n) is 2.62. The van der Waals surface area contributed by atoms with Crippen molar-refractivity contribution in [1.29, 1.82) is 0 Å². The molecule has 21 heavy (non-hydrogen) atoms. The number of halogens is 1. The maximum atomic E-state index is 12.5. The molecule has 114 valence electrons. The van der Waals surface area contributed by atoms with Crippen molar-refractivity contribution in [3.05, 3.63) is 28.8 Å². The van der Waals surface area contributed by atoms with Crippen LogP contribution in [-0.4, -0.2) is 30.9 Å². The van der Waals surface area contributed by atoms with Crippen LogP contribution in [0.4, 0.5) is 5.69 Å². The van der Waals surface area contributed by atoms with Gasteiger partial charge in [0.2, 0.25) is 5.91 Å². The van der Waals surface area contributed by atoms with Crippen molar-refractivity contribution in [3.8, 4) is 0 Å². The lowest BCUT2D eigenvalue weighted by molar-refractivity contribution is -0.122. The minimum atomic E-state index is -0.507. The first-order chi connectivity index (χ1) is 10.0. The third-order valence-corrected chi connectivity index (χ3v) is 4.31. The second-order valence-corrected chi connectivity index (χ2v) is 5.60. The maximum Gasteiger partial charge on any atom is 0.252 e. The molecule has 1 aromatic rings. The quantitative estimate of drug-likeness (QED) is 0.798. The predicted molar refractivity (Wildman–Crippen MR) is 83.7 cm³/mol. The van der Waals surface area contributed by atoms with E-state index >= 15 is 0 Å². The first kappa shape index (κ1) is 15.8. The molecule has 0 radical (unpaired) electrons. The highest BCUT2D eigenvalue weighted by Gasteiger charge is 2.39. The molecule has 2 rings (SSSR count). The van der Waals surface area contributed by atoms with Gasteiger partial charge in [-0.05, 0) is 44.0 Å². The van der Waals surface area contributed by atoms with Gasteiger partial charge in [0.25, 0.3) is 5.91 Å². The van der Waals surface area contributed by atoms with Gasteiger partial charge >= 0.3 is 0 Å². The summed E-state index contributed by atoms with van der Waals surface area (Å²) < 4.78 is 0. The molecule has 5 nitrogen and oxygen atoms in total. The SMILES string of the molecule is CCC1(C(=O)Nc2ccc(Cl)c(C(=O)NC)c2)CCCN1. The van der Waals surface area contributed by atoms with Gasteiger partial charge < -0.3 is 16.0 Å². The molecular weight excluding hydrogens is 290 g/mol. The summed E-state index contributed by atoms with van der Waals surface area (Å²) in [5.41, 5.74) is 0.415. The van der Waals surface area contributed by atoms with Crippen LogP contribution in [0.1, 0.15) is 36.5 Å². The smallest absolute Gasteiger partial charge is 0.252 e. The van der Waals surface area contributed by atoms with E-state index in [1.54, 1.807) is 25.2 Å². The van der Waals surface area contributed by atoms with E-state index in [1.807, 2.05) is 6.92 Å². The van der Waals surface area contributed by atoms with Crippen molar-refractivity contribution < 1.29 is 9.59 Å². The molecule has 0 spiro atoms. The van der Waals surface area contributed by atoms with E-state index in [1.165, 1.54) is 0 Å². The molecule has 6 heteroatoms. The first-order valence-electron chi connectivity index (χ1n) is 7.10. The molecule has 2 amide bonds. The summed E-state index contributed by atoms with van der Waals surface area (Å²) in [5, 5.41) is 9.05. The first-order valence-corrected chi connectivity index (χ1v) is 7.48. The molecule has 3 N–H and O–H groups in total. The van der Waals surface area contributed by atoms with E-state index in [0.717, 1.165) is 25.8 Å². The Morgan fingerprint density at radius 2 is 2.19 bits per heavy atom. The van der Waals surface area contributed by atoms with Crippen LogP contribution in [0.3, 0.4) is 0 Å². The van der Waals surface area contributed by atoms with Gasteiger partial charge in [-0.3, -0.25) is 9.59 Å². The highest BCUT2D eigenvalue weighted by Crippen LogP contribution is 2.26. The van der Waals surface area contributed by atoms with E-state index in [9.17, 15) is 9.59 Å². The van der Waals surface area contributed by atoms with Crippen LogP contribution < -0.4 is 16.0 Å². The van der Waals surface area contributed by atoms with Gasteiger partial charge in [0.1, 0.15) is 0 Å². The summed E-state index contributed by atoms with van der Waals surface area (Å²) in [7, 11) is 1.54. The third kappa shape index (κ3) is 3.19. The second-order valence-electron chi connectivity index (χ2n) is 5.19. The zero-order chi connectivity index (χ0) is 15.5. The van der Waals surface area contributed by atoms with Crippen LogP contribution in [-0.2, 0) is 4.79 Å². The highest BCUT2D eigenvalue weighted by molar-refractivity contribution is 6.34. The van der Waals surface area contributed by atoms with Crippen molar-refractivity contribution >= 4 is 29.1 Å². The molecule has 1 aliphatic rings. The lowest BCUT2D eigenvalue weighted by atomic mass is 9.93. The van der Waals surface area contributed by atoms with Crippen molar-refractivity contribution in [1.82, 2.24) is 10.6 Å². The number of amides is 2. The summed E-state index contributed by atoms with van der Waals surface area (Å²) in [6.45, 7) is 2.85. The molecule has 1 unspecified atom stereocenters. The number of hydrogen-bond donors (Lipinski definition) is 3. The van der Waals surface area contributed by atoms with E-state index in [-0.39, 0.29) is 11.8 Å². The number of hydrogen-bond acceptors (Lipinski definition) is 3. The topological polar surface area (TPSA) is 70.2 Å². The average Bonchev–Trinajstić information content (AvgIpc) is 2.98. The number of nitrogens with one attached hydrogen (secondary N) is 3. The predicted octanol–water partition coefficient (Wildman–Crippen LogP) is 2.17. The zero-order valence-electron chi connectivity index (χ0n) is 12.3. The number of carbonyl (C=O) groups is 2. The minimum absolute atomic E-state index is 0.0623. The Hall–Kier alpha value is -1.59. The molecule has 1 fully saturated rings. The van der Waals surface area contributed by atoms with Crippen LogP contribution in [0.15, 0.2) is 18.2 Å². The van der Waals surface area contributed by atoms with Crippen molar-refractivity contribution in [2.45, 2.75) is 31.7 Å². The van der Waals surface area contributed by atoms with Crippen LogP contribution in [0.2, 0.25) is 5.02 Å². The van der Waals surface area contributed by atoms with Crippen molar-refractivity contribution in [3.63, 3.8) is 0 Å². The molecule has 0 saturated carbocycles. The monoisotopic (exact) mass is 309 g/mol. The van der Waals surface area contributed by atoms with Crippen LogP contribution in [0, 0.1) is 0 Å². The van der Waals surface area contributed by atoms with Gasteiger partial charge in [-0.1, -0.05) is 18.5 Å². The van der Waals surface area contributed by atoms with E-state index in [2.05, 4.69) is 16.0 Å². The standard InChI is InChI=1S/C15H20ClN3O2/c1-3-15(7-4-8-18-15)14(21)19-10-5-6-12(16)11(9-10)13(20)17-2/h5-6,9,18H,3-4,7-8H2,1-2H3,(H,17,20)(H,19,21). The van der Waals surface area contributed by atoms with Gasteiger partial charge in [-0.15, -0.1) is 0 Å². The summed E-state index contributed by atoms with van der Waals surface area (Å²) in [6, 6.07) is 4.91. The lowest BCUT2D eigenvalue weighted by Crippen LogP contribution is -2.50. The fraction of sp³-hybridized carbons (Fsp3) is 0.467. The molecule has 1 saturated heterocycles. The highest BCUT2D eigenvalue weighted by atomic mass is 35.5. The number of benzene rings is 1. The van der Waals surface area contributed by atoms with E-state index in [0.29, 0.717) is 16.3 Å². The minimum Gasteiger partial charge on any atom is -0.355 e. The number of rotatable bonds is 4. The van der Waals surface area contributed by atoms with Gasteiger partial charge in [-0.25, -0.2) is 0 Å². The molecule has 1 aromatic carbocycles. The molecule has 1 heterocycles. The van der Waals surface area contributed by atoms with Gasteiger partial charge in [0.15, 0.2) is 0 Å². The van der Waals surface area contributed by atoms with Crippen molar-refractivity contribution in [2.75, 3.05) is 18.9 Å². The Bertz CT molecular complexity index is 554. The Kier molecular flexibility index (Phi) is 4.85. The van der Waals surface area contributed by atoms with Crippen LogP contribution >= 0.6 is 11.6 Å². The molecule has 0 bridgehead atoms. The van der Waals surface area contributed by atoms with Crippen molar-refractivity contribution in [2.24, 2.45) is 0 Å². The van der Waals surface area contributed by atoms with Crippen LogP contribution in [0.25, 0.3) is 0 Å². The summed E-state index contributed by atoms with van der Waals surface area (Å²) in [6.07, 6.45) is 2.55. The van der Waals surface area contributed by atoms with Gasteiger partial charge in [0, 0.05) is 12.7 Å². The summed E-state index contributed by atoms with van der Waals surface area (Å²) >= 11 is 6.00. The largest absolute Gasteiger partial charge is 0.355 e. The Morgan fingerprint density at radius 1 is 1.43 bits per heavy atom. The summed E-state index contributed by atoms with van der Waals surface area (Å²) in [4.78, 5) is 24.2. The average molecular weight is 310 g/mol. The number of carbonyl (C=O) groups excluding carboxylic acids is 2. The fourth-order valence-corrected chi connectivity index (χ4v) is 2.83. The number of anilines is 1. The Morgan fingerprint density at radius 3 is 2.76 bits per heavy atom. The second kappa shape index (κ2) is 6.45. The molecule has 0 aromatic heterocycles. The van der Waals surface area contributed by atoms with E-state index in [4.69, 9.17) is 11.6 Å². The molecular formula is C15H20ClN3O2. The molecule has 1 aliphatic heterocycles. The van der Waals surface area contributed by atoms with Crippen LogP contribution in [0.5, 0.6) is 0 Å². The molecule has 0 aliphatic carbocycles. The normalized spacial score (nSPS) is 21.1. The Balaban J connectivity index is 2.20. The van der Waals surface area contributed by atoms with Gasteiger partial charge in [0.05, 0.1) is 16.1 Å². The maximum absolute atomic E-state index is 12.5. The lowest BCUT2D eigenvalue weighted by Gasteiger charge is -2.26. The molecule has 1 atom stereocenters. The zero-order valence-corrected chi connectivity index (χ0v) is 13.0.